The first-order chi connectivity index (χ1) is 23.3. The zero-order chi connectivity index (χ0) is 31.2. The third-order valence-electron chi connectivity index (χ3n) is 8.75. The molecule has 0 saturated heterocycles. The summed E-state index contributed by atoms with van der Waals surface area (Å²) >= 11 is 0. The lowest BCUT2D eigenvalue weighted by Gasteiger charge is -2.23. The maximum Gasteiger partial charge on any atom is 0.164 e. The molecule has 4 heteroatoms. The fraction of sp³-hybridized carbons (Fsp3) is 0. The summed E-state index contributed by atoms with van der Waals surface area (Å²) in [5.41, 5.74) is 9.74. The van der Waals surface area contributed by atoms with Gasteiger partial charge in [0.15, 0.2) is 17.5 Å². The average molecular weight is 602 g/mol. The Balaban J connectivity index is 1.12. The first-order valence-corrected chi connectivity index (χ1v) is 15.7. The maximum absolute atomic E-state index is 6.48. The van der Waals surface area contributed by atoms with Gasteiger partial charge in [-0.15, -0.1) is 0 Å². The number of rotatable bonds is 5. The second kappa shape index (κ2) is 11.2. The SMILES string of the molecule is c1ccc(-c2ccc3c(c2)-c2cccc4c(-c5ccc(-c6nc(-c7ccccc7)nc(-c7ccccc7)n6)cc5)ccc(c24)O3)cc1. The predicted octanol–water partition coefficient (Wildman–Crippen LogP) is 11.1. The lowest BCUT2D eigenvalue weighted by atomic mass is 9.89. The molecule has 9 rings (SSSR count). The molecular weight excluding hydrogens is 574 g/mol. The van der Waals surface area contributed by atoms with Crippen molar-refractivity contribution in [3.05, 3.63) is 164 Å². The van der Waals surface area contributed by atoms with E-state index >= 15 is 0 Å². The number of hydrogen-bond donors (Lipinski definition) is 0. The van der Waals surface area contributed by atoms with Crippen LogP contribution in [0.15, 0.2) is 164 Å². The molecule has 0 aliphatic carbocycles. The Labute approximate surface area is 272 Å². The molecule has 220 valence electrons. The molecule has 0 radical (unpaired) electrons. The molecule has 47 heavy (non-hydrogen) atoms. The Bertz CT molecular complexity index is 2350. The van der Waals surface area contributed by atoms with Gasteiger partial charge < -0.3 is 4.74 Å². The third kappa shape index (κ3) is 4.84. The normalized spacial score (nSPS) is 11.6. The molecule has 1 aromatic heterocycles. The zero-order valence-electron chi connectivity index (χ0n) is 25.3. The Morgan fingerprint density at radius 3 is 1.45 bits per heavy atom. The van der Waals surface area contributed by atoms with E-state index < -0.39 is 0 Å². The summed E-state index contributed by atoms with van der Waals surface area (Å²) in [6.45, 7) is 0. The van der Waals surface area contributed by atoms with Crippen molar-refractivity contribution in [2.75, 3.05) is 0 Å². The van der Waals surface area contributed by atoms with E-state index in [1.165, 1.54) is 16.7 Å². The molecule has 8 aromatic rings. The van der Waals surface area contributed by atoms with E-state index in [1.807, 2.05) is 66.7 Å². The number of ether oxygens (including phenoxy) is 1. The highest BCUT2D eigenvalue weighted by Gasteiger charge is 2.22. The number of hydrogen-bond acceptors (Lipinski definition) is 4. The summed E-state index contributed by atoms with van der Waals surface area (Å²) in [4.78, 5) is 14.6. The minimum absolute atomic E-state index is 0.639. The van der Waals surface area contributed by atoms with Crippen LogP contribution in [0.5, 0.6) is 11.5 Å². The lowest BCUT2D eigenvalue weighted by Crippen LogP contribution is -2.00. The fourth-order valence-electron chi connectivity index (χ4n) is 6.43. The first kappa shape index (κ1) is 27.0. The van der Waals surface area contributed by atoms with Gasteiger partial charge in [-0.1, -0.05) is 146 Å². The van der Waals surface area contributed by atoms with E-state index in [-0.39, 0.29) is 0 Å². The highest BCUT2D eigenvalue weighted by molar-refractivity contribution is 6.10. The van der Waals surface area contributed by atoms with Gasteiger partial charge in [0.05, 0.1) is 0 Å². The van der Waals surface area contributed by atoms with Crippen molar-refractivity contribution in [3.8, 4) is 79.0 Å². The van der Waals surface area contributed by atoms with Crippen molar-refractivity contribution >= 4 is 10.8 Å². The molecule has 0 atom stereocenters. The minimum Gasteiger partial charge on any atom is -0.456 e. The third-order valence-corrected chi connectivity index (χ3v) is 8.75. The summed E-state index contributed by atoms with van der Waals surface area (Å²) in [5.74, 6) is 3.70. The quantitative estimate of drug-likeness (QED) is 0.197. The summed E-state index contributed by atoms with van der Waals surface area (Å²) < 4.78 is 6.48. The van der Waals surface area contributed by atoms with Crippen molar-refractivity contribution in [1.29, 1.82) is 0 Å². The molecule has 0 N–H and O–H groups in total. The summed E-state index contributed by atoms with van der Waals surface area (Å²) in [7, 11) is 0. The maximum atomic E-state index is 6.48. The van der Waals surface area contributed by atoms with Crippen molar-refractivity contribution in [1.82, 2.24) is 15.0 Å². The summed E-state index contributed by atoms with van der Waals surface area (Å²) in [6, 6.07) is 56.3. The van der Waals surface area contributed by atoms with Crippen molar-refractivity contribution < 1.29 is 4.74 Å². The van der Waals surface area contributed by atoms with E-state index in [4.69, 9.17) is 19.7 Å². The van der Waals surface area contributed by atoms with E-state index in [0.29, 0.717) is 17.5 Å². The standard InChI is InChI=1S/C43H27N3O/c1-4-11-28(12-5-1)33-23-25-38-37(27-33)36-18-10-17-35-34(24-26-39(47-38)40(35)36)29-19-21-32(22-20-29)43-45-41(30-13-6-2-7-14-30)44-42(46-43)31-15-8-3-9-16-31/h1-27H. The van der Waals surface area contributed by atoms with Gasteiger partial charge in [0, 0.05) is 27.6 Å². The first-order valence-electron chi connectivity index (χ1n) is 15.7. The molecule has 0 spiro atoms. The Kier molecular flexibility index (Phi) is 6.43. The number of benzene rings is 7. The fourth-order valence-corrected chi connectivity index (χ4v) is 6.43. The van der Waals surface area contributed by atoms with Gasteiger partial charge in [-0.3, -0.25) is 0 Å². The molecule has 0 amide bonds. The van der Waals surface area contributed by atoms with Crippen LogP contribution in [0.4, 0.5) is 0 Å². The van der Waals surface area contributed by atoms with Crippen molar-refractivity contribution in [2.24, 2.45) is 0 Å². The smallest absolute Gasteiger partial charge is 0.164 e. The number of aromatic nitrogens is 3. The summed E-state index contributed by atoms with van der Waals surface area (Å²) in [6.07, 6.45) is 0. The van der Waals surface area contributed by atoms with E-state index in [9.17, 15) is 0 Å². The van der Waals surface area contributed by atoms with Crippen LogP contribution in [-0.4, -0.2) is 15.0 Å². The van der Waals surface area contributed by atoms with Crippen LogP contribution in [0, 0.1) is 0 Å². The van der Waals surface area contributed by atoms with E-state index in [0.717, 1.165) is 55.7 Å². The molecule has 1 aliphatic heterocycles. The predicted molar refractivity (Wildman–Crippen MR) is 190 cm³/mol. The highest BCUT2D eigenvalue weighted by Crippen LogP contribution is 2.49. The van der Waals surface area contributed by atoms with E-state index in [1.54, 1.807) is 0 Å². The number of nitrogens with zero attached hydrogens (tertiary/aromatic N) is 3. The van der Waals surface area contributed by atoms with Crippen molar-refractivity contribution in [2.45, 2.75) is 0 Å². The Morgan fingerprint density at radius 1 is 0.319 bits per heavy atom. The van der Waals surface area contributed by atoms with Gasteiger partial charge >= 0.3 is 0 Å². The second-order valence-electron chi connectivity index (χ2n) is 11.6. The largest absolute Gasteiger partial charge is 0.456 e. The average Bonchev–Trinajstić information content (AvgIpc) is 3.16. The molecule has 4 nitrogen and oxygen atoms in total. The molecule has 7 aromatic carbocycles. The zero-order valence-corrected chi connectivity index (χ0v) is 25.3. The van der Waals surface area contributed by atoms with Crippen LogP contribution in [0.2, 0.25) is 0 Å². The van der Waals surface area contributed by atoms with Crippen LogP contribution in [0.25, 0.3) is 78.3 Å². The van der Waals surface area contributed by atoms with Crippen LogP contribution in [-0.2, 0) is 0 Å². The van der Waals surface area contributed by atoms with Gasteiger partial charge in [0.1, 0.15) is 11.5 Å². The van der Waals surface area contributed by atoms with Gasteiger partial charge in [-0.2, -0.15) is 0 Å². The summed E-state index contributed by atoms with van der Waals surface area (Å²) in [5, 5.41) is 2.28. The monoisotopic (exact) mass is 601 g/mol. The molecule has 2 heterocycles. The Morgan fingerprint density at radius 2 is 0.830 bits per heavy atom. The Hall–Kier alpha value is -6.39. The molecule has 1 aliphatic rings. The van der Waals surface area contributed by atoms with Crippen LogP contribution >= 0.6 is 0 Å². The highest BCUT2D eigenvalue weighted by atomic mass is 16.5. The number of fused-ring (bicyclic) bond motifs is 2. The molecule has 0 unspecified atom stereocenters. The minimum atomic E-state index is 0.639. The van der Waals surface area contributed by atoms with Gasteiger partial charge in [-0.05, 0) is 51.4 Å². The van der Waals surface area contributed by atoms with E-state index in [2.05, 4.69) is 97.1 Å². The second-order valence-corrected chi connectivity index (χ2v) is 11.6. The molecule has 0 bridgehead atoms. The van der Waals surface area contributed by atoms with Crippen LogP contribution in [0.1, 0.15) is 0 Å². The van der Waals surface area contributed by atoms with Gasteiger partial charge in [0.25, 0.3) is 0 Å². The topological polar surface area (TPSA) is 47.9 Å². The van der Waals surface area contributed by atoms with Gasteiger partial charge in [-0.25, -0.2) is 15.0 Å². The molecular formula is C43H27N3O. The molecule has 0 saturated carbocycles. The van der Waals surface area contributed by atoms with Crippen LogP contribution < -0.4 is 4.74 Å². The van der Waals surface area contributed by atoms with Crippen molar-refractivity contribution in [3.63, 3.8) is 0 Å². The van der Waals surface area contributed by atoms with Gasteiger partial charge in [0.2, 0.25) is 0 Å². The lowest BCUT2D eigenvalue weighted by molar-refractivity contribution is 0.487. The van der Waals surface area contributed by atoms with Crippen LogP contribution in [0.3, 0.4) is 0 Å². The molecule has 0 fully saturated rings.